The number of aromatic nitrogens is 4. The summed E-state index contributed by atoms with van der Waals surface area (Å²) in [7, 11) is 0. The summed E-state index contributed by atoms with van der Waals surface area (Å²) in [5.74, 6) is 0.253. The number of aryl methyl sites for hydroxylation is 1. The summed E-state index contributed by atoms with van der Waals surface area (Å²) in [6, 6.07) is 20.1. The molecule has 0 saturated heterocycles. The third-order valence-corrected chi connectivity index (χ3v) is 9.75. The lowest BCUT2D eigenvalue weighted by molar-refractivity contribution is -0.130. The number of carbonyl (C=O) groups excluding carboxylic acids is 3. The Hall–Kier alpha value is -4.94. The molecule has 5 rings (SSSR count). The highest BCUT2D eigenvalue weighted by Gasteiger charge is 2.29. The molecule has 50 heavy (non-hydrogen) atoms. The summed E-state index contributed by atoms with van der Waals surface area (Å²) in [6.07, 6.45) is 3.67. The molecule has 12 heteroatoms. The third-order valence-electron chi connectivity index (χ3n) is 9.75. The minimum Gasteiger partial charge on any atom is -0.351 e. The molecule has 0 aliphatic heterocycles. The standard InChI is InChI=1S/C38H49N9O3/c1-4-47(5-2)21-20-40-36(48)31-11-6-25(3)33(23-31)28-12-7-26(8-13-28)22-34(42-37(49)30-14-9-27(24-39)10-15-30)38(50)41-32-18-16-29(17-19-32)35-43-45-46-44-35/h6-8,11-13,16-19,23,27,30,34H,4-5,9-10,14-15,20-22,24,39H2,1-3H3,(H,40,48)(H,41,50)(H,42,49)(H,43,44,45,46). The number of benzene rings is 3. The number of carbonyl (C=O) groups is 3. The molecule has 1 aliphatic rings. The highest BCUT2D eigenvalue weighted by atomic mass is 16.2. The number of anilines is 1. The molecule has 0 radical (unpaired) electrons. The molecule has 6 N–H and O–H groups in total. The Balaban J connectivity index is 1.28. The molecule has 4 aromatic rings. The summed E-state index contributed by atoms with van der Waals surface area (Å²) in [5, 5.41) is 23.1. The van der Waals surface area contributed by atoms with Gasteiger partial charge in [-0.15, -0.1) is 10.2 Å². The van der Waals surface area contributed by atoms with Crippen LogP contribution >= 0.6 is 0 Å². The Morgan fingerprint density at radius 3 is 2.28 bits per heavy atom. The van der Waals surface area contributed by atoms with Crippen LogP contribution in [-0.2, 0) is 16.0 Å². The van der Waals surface area contributed by atoms with Crippen LogP contribution in [0.1, 0.15) is 61.0 Å². The molecule has 0 bridgehead atoms. The smallest absolute Gasteiger partial charge is 0.251 e. The van der Waals surface area contributed by atoms with Crippen LogP contribution in [0.4, 0.5) is 5.69 Å². The summed E-state index contributed by atoms with van der Waals surface area (Å²) in [4.78, 5) is 42.4. The Morgan fingerprint density at radius 1 is 0.940 bits per heavy atom. The highest BCUT2D eigenvalue weighted by molar-refractivity contribution is 5.98. The summed E-state index contributed by atoms with van der Waals surface area (Å²) in [6.45, 7) is 10.2. The van der Waals surface area contributed by atoms with Crippen molar-refractivity contribution >= 4 is 23.4 Å². The van der Waals surface area contributed by atoms with Gasteiger partial charge in [-0.3, -0.25) is 14.4 Å². The average Bonchev–Trinajstić information content (AvgIpc) is 3.69. The van der Waals surface area contributed by atoms with Crippen LogP contribution in [0.5, 0.6) is 0 Å². The first-order valence-electron chi connectivity index (χ1n) is 17.6. The summed E-state index contributed by atoms with van der Waals surface area (Å²) in [5.41, 5.74) is 11.7. The van der Waals surface area contributed by atoms with Crippen molar-refractivity contribution in [1.29, 1.82) is 0 Å². The van der Waals surface area contributed by atoms with E-state index in [9.17, 15) is 14.4 Å². The van der Waals surface area contributed by atoms with E-state index in [4.69, 9.17) is 5.73 Å². The minimum atomic E-state index is -0.789. The number of rotatable bonds is 15. The van der Waals surface area contributed by atoms with E-state index in [2.05, 4.69) is 55.3 Å². The minimum absolute atomic E-state index is 0.0967. The number of nitrogens with two attached hydrogens (primary N) is 1. The zero-order valence-corrected chi connectivity index (χ0v) is 29.2. The van der Waals surface area contributed by atoms with Gasteiger partial charge in [-0.05, 0) is 122 Å². The zero-order valence-electron chi connectivity index (χ0n) is 29.2. The van der Waals surface area contributed by atoms with Crippen LogP contribution in [0, 0.1) is 18.8 Å². The Kier molecular flexibility index (Phi) is 12.8. The van der Waals surface area contributed by atoms with Crippen LogP contribution in [0.3, 0.4) is 0 Å². The number of amides is 3. The number of H-pyrrole nitrogens is 1. The summed E-state index contributed by atoms with van der Waals surface area (Å²) < 4.78 is 0. The number of nitrogens with one attached hydrogen (secondary N) is 4. The second-order valence-corrected chi connectivity index (χ2v) is 13.0. The van der Waals surface area contributed by atoms with Crippen molar-refractivity contribution in [3.8, 4) is 22.5 Å². The van der Waals surface area contributed by atoms with Gasteiger partial charge in [0.25, 0.3) is 5.91 Å². The second kappa shape index (κ2) is 17.6. The lowest BCUT2D eigenvalue weighted by atomic mass is 9.81. The van der Waals surface area contributed by atoms with Gasteiger partial charge >= 0.3 is 0 Å². The van der Waals surface area contributed by atoms with E-state index in [-0.39, 0.29) is 23.6 Å². The average molecular weight is 680 g/mol. The lowest BCUT2D eigenvalue weighted by Gasteiger charge is -2.28. The van der Waals surface area contributed by atoms with Crippen molar-refractivity contribution in [2.45, 2.75) is 58.9 Å². The number of nitrogens with zero attached hydrogens (tertiary/aromatic N) is 4. The van der Waals surface area contributed by atoms with Crippen LogP contribution in [0.15, 0.2) is 66.7 Å². The van der Waals surface area contributed by atoms with E-state index in [1.807, 2.05) is 49.4 Å². The van der Waals surface area contributed by atoms with Crippen LogP contribution in [-0.4, -0.2) is 82.0 Å². The van der Waals surface area contributed by atoms with Crippen molar-refractivity contribution in [2.24, 2.45) is 17.6 Å². The molecule has 1 fully saturated rings. The maximum Gasteiger partial charge on any atom is 0.251 e. The first-order valence-corrected chi connectivity index (χ1v) is 17.6. The topological polar surface area (TPSA) is 171 Å². The van der Waals surface area contributed by atoms with Gasteiger partial charge in [-0.2, -0.15) is 5.21 Å². The molecule has 1 heterocycles. The van der Waals surface area contributed by atoms with Crippen LogP contribution < -0.4 is 21.7 Å². The number of aromatic amines is 1. The van der Waals surface area contributed by atoms with Crippen molar-refractivity contribution in [2.75, 3.05) is 38.0 Å². The van der Waals surface area contributed by atoms with Crippen molar-refractivity contribution < 1.29 is 14.4 Å². The van der Waals surface area contributed by atoms with Crippen LogP contribution in [0.2, 0.25) is 0 Å². The maximum absolute atomic E-state index is 13.7. The number of likely N-dealkylation sites (N-methyl/N-ethyl adjacent to an activating group) is 1. The fourth-order valence-corrected chi connectivity index (χ4v) is 6.48. The van der Waals surface area contributed by atoms with E-state index in [1.54, 1.807) is 24.3 Å². The first kappa shape index (κ1) is 36.3. The normalized spacial score (nSPS) is 16.5. The van der Waals surface area contributed by atoms with Gasteiger partial charge in [-0.1, -0.05) is 44.2 Å². The van der Waals surface area contributed by atoms with E-state index in [0.717, 1.165) is 73.1 Å². The van der Waals surface area contributed by atoms with Gasteiger partial charge in [-0.25, -0.2) is 0 Å². The fourth-order valence-electron chi connectivity index (χ4n) is 6.48. The van der Waals surface area contributed by atoms with Crippen molar-refractivity contribution in [3.63, 3.8) is 0 Å². The van der Waals surface area contributed by atoms with Crippen molar-refractivity contribution in [1.82, 2.24) is 36.2 Å². The van der Waals surface area contributed by atoms with Gasteiger partial charge < -0.3 is 26.6 Å². The van der Waals surface area contributed by atoms with Crippen molar-refractivity contribution in [3.05, 3.63) is 83.4 Å². The molecule has 3 aromatic carbocycles. The van der Waals surface area contributed by atoms with E-state index in [0.29, 0.717) is 42.5 Å². The SMILES string of the molecule is CCN(CC)CCNC(=O)c1ccc(C)c(-c2ccc(CC(NC(=O)C3CCC(CN)CC3)C(=O)Nc3ccc(-c4nn[nH]n4)cc3)cc2)c1. The lowest BCUT2D eigenvalue weighted by Crippen LogP contribution is -2.48. The van der Waals surface area contributed by atoms with Gasteiger partial charge in [0.1, 0.15) is 6.04 Å². The predicted octanol–water partition coefficient (Wildman–Crippen LogP) is 4.34. The zero-order chi connectivity index (χ0) is 35.5. The molecular formula is C38H49N9O3. The first-order chi connectivity index (χ1) is 24.3. The molecular weight excluding hydrogens is 630 g/mol. The largest absolute Gasteiger partial charge is 0.351 e. The van der Waals surface area contributed by atoms with Crippen LogP contribution in [0.25, 0.3) is 22.5 Å². The molecule has 1 aromatic heterocycles. The molecule has 3 amide bonds. The van der Waals surface area contributed by atoms with Gasteiger partial charge in [0.05, 0.1) is 0 Å². The molecule has 264 valence electrons. The van der Waals surface area contributed by atoms with E-state index >= 15 is 0 Å². The van der Waals surface area contributed by atoms with Gasteiger partial charge in [0.2, 0.25) is 17.6 Å². The molecule has 12 nitrogen and oxygen atoms in total. The maximum atomic E-state index is 13.7. The van der Waals surface area contributed by atoms with E-state index < -0.39 is 6.04 Å². The van der Waals surface area contributed by atoms with E-state index in [1.165, 1.54) is 0 Å². The third kappa shape index (κ3) is 9.60. The summed E-state index contributed by atoms with van der Waals surface area (Å²) >= 11 is 0. The number of hydrogen-bond acceptors (Lipinski definition) is 8. The second-order valence-electron chi connectivity index (χ2n) is 13.0. The number of tetrazole rings is 1. The fraction of sp³-hybridized carbons (Fsp3) is 0.421. The highest BCUT2D eigenvalue weighted by Crippen LogP contribution is 2.29. The monoisotopic (exact) mass is 679 g/mol. The quantitative estimate of drug-likeness (QED) is 0.124. The molecule has 1 saturated carbocycles. The Bertz CT molecular complexity index is 1700. The molecule has 1 aliphatic carbocycles. The van der Waals surface area contributed by atoms with Gasteiger partial charge in [0, 0.05) is 42.2 Å². The molecule has 0 spiro atoms. The molecule has 1 unspecified atom stereocenters. The van der Waals surface area contributed by atoms with Gasteiger partial charge in [0.15, 0.2) is 0 Å². The Labute approximate surface area is 294 Å². The predicted molar refractivity (Wildman–Crippen MR) is 195 cm³/mol. The molecule has 1 atom stereocenters. The number of hydrogen-bond donors (Lipinski definition) is 5. The Morgan fingerprint density at radius 2 is 1.64 bits per heavy atom.